The summed E-state index contributed by atoms with van der Waals surface area (Å²) in [6.07, 6.45) is -4.36. The van der Waals surface area contributed by atoms with Crippen molar-refractivity contribution < 1.29 is 17.9 Å². The molecule has 0 unspecified atom stereocenters. The molecule has 3 nitrogen and oxygen atoms in total. The van der Waals surface area contributed by atoms with Gasteiger partial charge in [0, 0.05) is 12.2 Å². The fourth-order valence-electron chi connectivity index (χ4n) is 1.78. The Hall–Kier alpha value is -2.37. The van der Waals surface area contributed by atoms with E-state index in [0.29, 0.717) is 17.9 Å². The molecular formula is C15H15F3N2O. The quantitative estimate of drug-likeness (QED) is 0.825. The van der Waals surface area contributed by atoms with E-state index in [1.165, 1.54) is 6.07 Å². The minimum absolute atomic E-state index is 0.157. The minimum Gasteiger partial charge on any atom is -0.482 e. The molecule has 2 aromatic rings. The van der Waals surface area contributed by atoms with E-state index in [4.69, 9.17) is 10.5 Å². The number of para-hydroxylation sites is 3. The lowest BCUT2D eigenvalue weighted by Crippen LogP contribution is -2.19. The molecule has 0 aromatic heterocycles. The van der Waals surface area contributed by atoms with Gasteiger partial charge in [-0.15, -0.1) is 0 Å². The number of hydrogen-bond donors (Lipinski definition) is 2. The van der Waals surface area contributed by atoms with Crippen molar-refractivity contribution in [1.82, 2.24) is 0 Å². The molecule has 2 rings (SSSR count). The lowest BCUT2D eigenvalue weighted by atomic mass is 10.2. The van der Waals surface area contributed by atoms with Crippen molar-refractivity contribution in [3.05, 3.63) is 54.1 Å². The molecule has 0 saturated carbocycles. The zero-order valence-corrected chi connectivity index (χ0v) is 11.2. The summed E-state index contributed by atoms with van der Waals surface area (Å²) in [4.78, 5) is 0. The molecule has 3 N–H and O–H groups in total. The van der Waals surface area contributed by atoms with Gasteiger partial charge in [0.1, 0.15) is 5.75 Å². The molecule has 0 fully saturated rings. The fourth-order valence-corrected chi connectivity index (χ4v) is 1.78. The van der Waals surface area contributed by atoms with Crippen LogP contribution in [0.3, 0.4) is 0 Å². The first kappa shape index (κ1) is 15.0. The van der Waals surface area contributed by atoms with E-state index in [1.807, 2.05) is 18.2 Å². The van der Waals surface area contributed by atoms with Crippen LogP contribution in [0.25, 0.3) is 0 Å². The first-order valence-electron chi connectivity index (χ1n) is 6.31. The SMILES string of the molecule is Nc1ccccc1CNc1ccccc1OCC(F)(F)F. The second-order valence-corrected chi connectivity index (χ2v) is 4.45. The average Bonchev–Trinajstić information content (AvgIpc) is 2.44. The summed E-state index contributed by atoms with van der Waals surface area (Å²) in [5.41, 5.74) is 7.80. The normalized spacial score (nSPS) is 11.2. The van der Waals surface area contributed by atoms with E-state index in [-0.39, 0.29) is 5.75 Å². The Balaban J connectivity index is 2.05. The van der Waals surface area contributed by atoms with Gasteiger partial charge in [-0.05, 0) is 23.8 Å². The number of nitrogen functional groups attached to an aromatic ring is 1. The van der Waals surface area contributed by atoms with Crippen LogP contribution in [-0.2, 0) is 6.54 Å². The summed E-state index contributed by atoms with van der Waals surface area (Å²) in [5.74, 6) is 0.157. The van der Waals surface area contributed by atoms with Crippen LogP contribution in [0.2, 0.25) is 0 Å². The lowest BCUT2D eigenvalue weighted by Gasteiger charge is -2.15. The molecular weight excluding hydrogens is 281 g/mol. The summed E-state index contributed by atoms with van der Waals surface area (Å²) in [6, 6.07) is 13.8. The zero-order valence-electron chi connectivity index (χ0n) is 11.2. The summed E-state index contributed by atoms with van der Waals surface area (Å²) in [6.45, 7) is -0.918. The van der Waals surface area contributed by atoms with Gasteiger partial charge < -0.3 is 15.8 Å². The molecule has 0 aliphatic carbocycles. The van der Waals surface area contributed by atoms with Gasteiger partial charge >= 0.3 is 6.18 Å². The van der Waals surface area contributed by atoms with Crippen molar-refractivity contribution in [3.63, 3.8) is 0 Å². The predicted octanol–water partition coefficient (Wildman–Crippen LogP) is 3.82. The first-order chi connectivity index (χ1) is 9.96. The number of anilines is 2. The maximum absolute atomic E-state index is 12.2. The van der Waals surface area contributed by atoms with Gasteiger partial charge in [-0.2, -0.15) is 13.2 Å². The molecule has 0 bridgehead atoms. The van der Waals surface area contributed by atoms with E-state index in [9.17, 15) is 13.2 Å². The Kier molecular flexibility index (Phi) is 4.57. The molecule has 6 heteroatoms. The number of benzene rings is 2. The van der Waals surface area contributed by atoms with Crippen LogP contribution in [-0.4, -0.2) is 12.8 Å². The summed E-state index contributed by atoms with van der Waals surface area (Å²) >= 11 is 0. The first-order valence-corrected chi connectivity index (χ1v) is 6.31. The van der Waals surface area contributed by atoms with Gasteiger partial charge in [0.2, 0.25) is 0 Å². The molecule has 0 aliphatic rings. The van der Waals surface area contributed by atoms with Gasteiger partial charge in [-0.25, -0.2) is 0 Å². The maximum atomic E-state index is 12.2. The van der Waals surface area contributed by atoms with E-state index >= 15 is 0 Å². The molecule has 2 aromatic carbocycles. The van der Waals surface area contributed by atoms with E-state index in [2.05, 4.69) is 5.32 Å². The number of rotatable bonds is 5. The van der Waals surface area contributed by atoms with Crippen molar-refractivity contribution in [1.29, 1.82) is 0 Å². The third kappa shape index (κ3) is 4.59. The molecule has 21 heavy (non-hydrogen) atoms. The van der Waals surface area contributed by atoms with Crippen molar-refractivity contribution in [3.8, 4) is 5.75 Å². The number of nitrogens with one attached hydrogen (secondary N) is 1. The van der Waals surface area contributed by atoms with E-state index < -0.39 is 12.8 Å². The van der Waals surface area contributed by atoms with E-state index in [0.717, 1.165) is 5.56 Å². The molecule has 0 spiro atoms. The number of hydrogen-bond acceptors (Lipinski definition) is 3. The predicted molar refractivity (Wildman–Crippen MR) is 76.2 cm³/mol. The summed E-state index contributed by atoms with van der Waals surface area (Å²) in [7, 11) is 0. The van der Waals surface area contributed by atoms with Crippen LogP contribution >= 0.6 is 0 Å². The van der Waals surface area contributed by atoms with Crippen LogP contribution in [0.15, 0.2) is 48.5 Å². The molecule has 0 aliphatic heterocycles. The van der Waals surface area contributed by atoms with Gasteiger partial charge in [-0.1, -0.05) is 30.3 Å². The standard InChI is InChI=1S/C15H15F3N2O/c16-15(17,18)10-21-14-8-4-3-7-13(14)20-9-11-5-1-2-6-12(11)19/h1-8,20H,9-10,19H2. The van der Waals surface area contributed by atoms with Crippen LogP contribution in [0.1, 0.15) is 5.56 Å². The smallest absolute Gasteiger partial charge is 0.422 e. The topological polar surface area (TPSA) is 47.3 Å². The van der Waals surface area contributed by atoms with Crippen molar-refractivity contribution in [2.24, 2.45) is 0 Å². The Labute approximate surface area is 120 Å². The van der Waals surface area contributed by atoms with Crippen LogP contribution in [0, 0.1) is 0 Å². The zero-order chi connectivity index (χ0) is 15.3. The Bertz CT molecular complexity index is 599. The molecule has 0 saturated heterocycles. The number of ether oxygens (including phenoxy) is 1. The Morgan fingerprint density at radius 2 is 1.67 bits per heavy atom. The molecule has 0 amide bonds. The Morgan fingerprint density at radius 3 is 2.38 bits per heavy atom. The van der Waals surface area contributed by atoms with Gasteiger partial charge in [-0.3, -0.25) is 0 Å². The molecule has 0 atom stereocenters. The van der Waals surface area contributed by atoms with Crippen LogP contribution < -0.4 is 15.8 Å². The van der Waals surface area contributed by atoms with Crippen LogP contribution in [0.5, 0.6) is 5.75 Å². The minimum atomic E-state index is -4.36. The van der Waals surface area contributed by atoms with Gasteiger partial charge in [0.25, 0.3) is 0 Å². The lowest BCUT2D eigenvalue weighted by molar-refractivity contribution is -0.153. The second kappa shape index (κ2) is 6.39. The van der Waals surface area contributed by atoms with Gasteiger partial charge in [0.15, 0.2) is 6.61 Å². The highest BCUT2D eigenvalue weighted by Crippen LogP contribution is 2.27. The second-order valence-electron chi connectivity index (χ2n) is 4.45. The van der Waals surface area contributed by atoms with Gasteiger partial charge in [0.05, 0.1) is 5.69 Å². The highest BCUT2D eigenvalue weighted by atomic mass is 19.4. The largest absolute Gasteiger partial charge is 0.482 e. The molecule has 0 heterocycles. The third-order valence-corrected chi connectivity index (χ3v) is 2.80. The summed E-state index contributed by atoms with van der Waals surface area (Å²) < 4.78 is 41.4. The highest BCUT2D eigenvalue weighted by molar-refractivity contribution is 5.57. The average molecular weight is 296 g/mol. The number of nitrogens with two attached hydrogens (primary N) is 1. The van der Waals surface area contributed by atoms with E-state index in [1.54, 1.807) is 24.3 Å². The number of alkyl halides is 3. The summed E-state index contributed by atoms with van der Waals surface area (Å²) in [5, 5.41) is 3.03. The van der Waals surface area contributed by atoms with Crippen molar-refractivity contribution in [2.75, 3.05) is 17.7 Å². The maximum Gasteiger partial charge on any atom is 0.422 e. The fraction of sp³-hybridized carbons (Fsp3) is 0.200. The highest BCUT2D eigenvalue weighted by Gasteiger charge is 2.28. The Morgan fingerprint density at radius 1 is 1.00 bits per heavy atom. The third-order valence-electron chi connectivity index (χ3n) is 2.80. The number of halogens is 3. The van der Waals surface area contributed by atoms with Crippen LogP contribution in [0.4, 0.5) is 24.5 Å². The van der Waals surface area contributed by atoms with Crippen molar-refractivity contribution >= 4 is 11.4 Å². The molecule has 0 radical (unpaired) electrons. The monoisotopic (exact) mass is 296 g/mol. The molecule has 112 valence electrons. The van der Waals surface area contributed by atoms with Crippen molar-refractivity contribution in [2.45, 2.75) is 12.7 Å².